The molecule has 0 unspecified atom stereocenters. The van der Waals surface area contributed by atoms with E-state index in [1.54, 1.807) is 12.5 Å². The van der Waals surface area contributed by atoms with E-state index in [1.807, 2.05) is 28.8 Å². The molecule has 0 saturated carbocycles. The molecule has 0 radical (unpaired) electrons. The van der Waals surface area contributed by atoms with Gasteiger partial charge in [-0.25, -0.2) is 4.98 Å². The summed E-state index contributed by atoms with van der Waals surface area (Å²) in [4.78, 5) is 19.6. The number of aliphatic imine (C=N–C) groups is 1. The van der Waals surface area contributed by atoms with E-state index in [0.717, 1.165) is 11.3 Å². The summed E-state index contributed by atoms with van der Waals surface area (Å²) in [6.45, 7) is 0.593. The van der Waals surface area contributed by atoms with Gasteiger partial charge in [0, 0.05) is 6.21 Å². The number of nitrogens with zero attached hydrogens (tertiary/aromatic N) is 3. The second-order valence-corrected chi connectivity index (χ2v) is 3.81. The van der Waals surface area contributed by atoms with Gasteiger partial charge in [0.2, 0.25) is 0 Å². The van der Waals surface area contributed by atoms with Crippen molar-refractivity contribution in [3.8, 4) is 5.69 Å². The van der Waals surface area contributed by atoms with E-state index >= 15 is 0 Å². The van der Waals surface area contributed by atoms with Crippen LogP contribution in [0.1, 0.15) is 21.7 Å². The normalized spacial score (nSPS) is 12.7. The molecular formula is C12H10N4O. The van der Waals surface area contributed by atoms with Crippen molar-refractivity contribution in [2.45, 2.75) is 6.54 Å². The van der Waals surface area contributed by atoms with Crippen LogP contribution in [0.25, 0.3) is 5.69 Å². The number of amides is 1. The summed E-state index contributed by atoms with van der Waals surface area (Å²) in [6.07, 6.45) is 3.25. The Morgan fingerprint density at radius 1 is 1.35 bits per heavy atom. The maximum absolute atomic E-state index is 11.2. The highest BCUT2D eigenvalue weighted by molar-refractivity contribution is 5.99. The van der Waals surface area contributed by atoms with E-state index < -0.39 is 5.91 Å². The third kappa shape index (κ3) is 1.44. The molecule has 84 valence electrons. The third-order valence-corrected chi connectivity index (χ3v) is 2.76. The van der Waals surface area contributed by atoms with Gasteiger partial charge in [-0.15, -0.1) is 0 Å². The Morgan fingerprint density at radius 2 is 2.18 bits per heavy atom. The molecule has 1 aromatic carbocycles. The predicted octanol–water partition coefficient (Wildman–Crippen LogP) is 0.904. The molecule has 2 heterocycles. The number of imidazole rings is 1. The average molecular weight is 226 g/mol. The standard InChI is InChI=1S/C12H10N4O/c13-12(17)11-10-6-14-5-8-3-1-2-4-9(8)16(10)7-15-11/h1-4,6-7H,5H2,(H2,13,17). The molecule has 0 saturated heterocycles. The number of para-hydroxylation sites is 1. The maximum Gasteiger partial charge on any atom is 0.269 e. The molecule has 1 aliphatic rings. The number of hydrogen-bond donors (Lipinski definition) is 1. The van der Waals surface area contributed by atoms with Crippen LogP contribution in [0.4, 0.5) is 0 Å². The Kier molecular flexibility index (Phi) is 2.04. The lowest BCUT2D eigenvalue weighted by Crippen LogP contribution is -2.14. The number of rotatable bonds is 1. The minimum absolute atomic E-state index is 0.255. The van der Waals surface area contributed by atoms with Crippen LogP contribution in [-0.4, -0.2) is 21.7 Å². The topological polar surface area (TPSA) is 73.3 Å². The van der Waals surface area contributed by atoms with Crippen molar-refractivity contribution in [3.63, 3.8) is 0 Å². The van der Waals surface area contributed by atoms with Crippen molar-refractivity contribution in [2.24, 2.45) is 10.7 Å². The lowest BCUT2D eigenvalue weighted by Gasteiger charge is -2.07. The van der Waals surface area contributed by atoms with E-state index in [-0.39, 0.29) is 5.69 Å². The molecular weight excluding hydrogens is 216 g/mol. The molecule has 1 aromatic heterocycles. The van der Waals surface area contributed by atoms with Crippen molar-refractivity contribution >= 4 is 12.1 Å². The molecule has 17 heavy (non-hydrogen) atoms. The van der Waals surface area contributed by atoms with E-state index in [0.29, 0.717) is 12.2 Å². The molecule has 3 rings (SSSR count). The Bertz CT molecular complexity index is 627. The van der Waals surface area contributed by atoms with Crippen LogP contribution in [0.5, 0.6) is 0 Å². The molecule has 5 nitrogen and oxygen atoms in total. The van der Waals surface area contributed by atoms with Gasteiger partial charge in [0.05, 0.1) is 17.9 Å². The zero-order valence-corrected chi connectivity index (χ0v) is 9.00. The second-order valence-electron chi connectivity index (χ2n) is 3.81. The van der Waals surface area contributed by atoms with Crippen LogP contribution in [0.3, 0.4) is 0 Å². The van der Waals surface area contributed by atoms with Crippen LogP contribution < -0.4 is 5.73 Å². The lowest BCUT2D eigenvalue weighted by atomic mass is 10.2. The van der Waals surface area contributed by atoms with E-state index in [1.165, 1.54) is 0 Å². The summed E-state index contributed by atoms with van der Waals surface area (Å²) >= 11 is 0. The Balaban J connectivity index is 2.29. The molecule has 2 aromatic rings. The highest BCUT2D eigenvalue weighted by atomic mass is 16.1. The smallest absolute Gasteiger partial charge is 0.269 e. The van der Waals surface area contributed by atoms with Crippen LogP contribution in [0, 0.1) is 0 Å². The van der Waals surface area contributed by atoms with Gasteiger partial charge in [0.1, 0.15) is 6.33 Å². The van der Waals surface area contributed by atoms with Gasteiger partial charge in [0.25, 0.3) is 5.91 Å². The zero-order chi connectivity index (χ0) is 11.8. The fourth-order valence-corrected chi connectivity index (χ4v) is 1.97. The third-order valence-electron chi connectivity index (χ3n) is 2.76. The summed E-state index contributed by atoms with van der Waals surface area (Å²) in [5, 5.41) is 0. The van der Waals surface area contributed by atoms with Gasteiger partial charge in [-0.05, 0) is 11.6 Å². The molecule has 0 bridgehead atoms. The van der Waals surface area contributed by atoms with Crippen molar-refractivity contribution in [3.05, 3.63) is 47.5 Å². The first-order valence-electron chi connectivity index (χ1n) is 5.22. The fraction of sp³-hybridized carbons (Fsp3) is 0.0833. The summed E-state index contributed by atoms with van der Waals surface area (Å²) < 4.78 is 1.84. The monoisotopic (exact) mass is 226 g/mol. The van der Waals surface area contributed by atoms with Crippen molar-refractivity contribution in [1.82, 2.24) is 9.55 Å². The lowest BCUT2D eigenvalue weighted by molar-refractivity contribution is 0.0996. The number of hydrogen-bond acceptors (Lipinski definition) is 3. The molecule has 0 spiro atoms. The van der Waals surface area contributed by atoms with Gasteiger partial charge >= 0.3 is 0 Å². The maximum atomic E-state index is 11.2. The highest BCUT2D eigenvalue weighted by Crippen LogP contribution is 2.21. The number of fused-ring (bicyclic) bond motifs is 3. The summed E-state index contributed by atoms with van der Waals surface area (Å²) in [7, 11) is 0. The number of benzene rings is 1. The molecule has 0 fully saturated rings. The van der Waals surface area contributed by atoms with E-state index in [9.17, 15) is 4.79 Å². The number of primary amides is 1. The van der Waals surface area contributed by atoms with Gasteiger partial charge in [-0.3, -0.25) is 14.4 Å². The van der Waals surface area contributed by atoms with E-state index in [2.05, 4.69) is 9.98 Å². The van der Waals surface area contributed by atoms with Crippen LogP contribution in [-0.2, 0) is 6.54 Å². The van der Waals surface area contributed by atoms with Crippen molar-refractivity contribution in [2.75, 3.05) is 0 Å². The quantitative estimate of drug-likeness (QED) is 0.784. The molecule has 0 aliphatic carbocycles. The first kappa shape index (κ1) is 9.77. The summed E-state index contributed by atoms with van der Waals surface area (Å²) in [6, 6.07) is 7.88. The minimum atomic E-state index is -0.537. The van der Waals surface area contributed by atoms with Crippen LogP contribution in [0.15, 0.2) is 35.6 Å². The largest absolute Gasteiger partial charge is 0.364 e. The first-order valence-corrected chi connectivity index (χ1v) is 5.22. The first-order chi connectivity index (χ1) is 8.27. The predicted molar refractivity (Wildman–Crippen MR) is 63.4 cm³/mol. The number of aromatic nitrogens is 2. The number of carbonyl (C=O) groups is 1. The second kappa shape index (κ2) is 3.55. The van der Waals surface area contributed by atoms with Crippen LogP contribution in [0.2, 0.25) is 0 Å². The molecule has 1 amide bonds. The Morgan fingerprint density at radius 3 is 3.00 bits per heavy atom. The Hall–Kier alpha value is -2.43. The average Bonchev–Trinajstić information content (AvgIpc) is 2.66. The molecule has 1 aliphatic heterocycles. The van der Waals surface area contributed by atoms with Gasteiger partial charge in [0.15, 0.2) is 5.69 Å². The fourth-order valence-electron chi connectivity index (χ4n) is 1.97. The van der Waals surface area contributed by atoms with Crippen molar-refractivity contribution < 1.29 is 4.79 Å². The highest BCUT2D eigenvalue weighted by Gasteiger charge is 2.18. The SMILES string of the molecule is NC(=O)c1ncn2c1C=NCc1ccccc1-2. The zero-order valence-electron chi connectivity index (χ0n) is 9.00. The molecule has 2 N–H and O–H groups in total. The Labute approximate surface area is 97.6 Å². The van der Waals surface area contributed by atoms with Crippen molar-refractivity contribution in [1.29, 1.82) is 0 Å². The van der Waals surface area contributed by atoms with Crippen LogP contribution >= 0.6 is 0 Å². The molecule has 0 atom stereocenters. The van der Waals surface area contributed by atoms with Gasteiger partial charge in [-0.1, -0.05) is 18.2 Å². The summed E-state index contributed by atoms with van der Waals surface area (Å²) in [5.74, 6) is -0.537. The molecule has 5 heteroatoms. The minimum Gasteiger partial charge on any atom is -0.364 e. The van der Waals surface area contributed by atoms with Gasteiger partial charge in [-0.2, -0.15) is 0 Å². The van der Waals surface area contributed by atoms with Gasteiger partial charge < -0.3 is 5.73 Å². The number of nitrogens with two attached hydrogens (primary N) is 1. The van der Waals surface area contributed by atoms with E-state index in [4.69, 9.17) is 5.73 Å². The summed E-state index contributed by atoms with van der Waals surface area (Å²) in [5.41, 5.74) is 8.25. The number of carbonyl (C=O) groups excluding carboxylic acids is 1.